The molecule has 5 aromatic heterocycles. The molecular weight excluding hydrogens is 855 g/mol. The fourth-order valence-corrected chi connectivity index (χ4v) is 9.66. The van der Waals surface area contributed by atoms with Crippen LogP contribution in [-0.4, -0.2) is 34.9 Å². The Morgan fingerprint density at radius 3 is 1.30 bits per heavy atom. The maximum atomic E-state index is 5.25. The molecule has 0 fully saturated rings. The fourth-order valence-electron chi connectivity index (χ4n) is 9.66. The lowest BCUT2D eigenvalue weighted by Crippen LogP contribution is -2.02. The maximum absolute atomic E-state index is 5.25. The molecule has 0 aliphatic rings. The van der Waals surface area contributed by atoms with Crippen molar-refractivity contribution in [2.24, 2.45) is 0 Å². The first-order valence-electron chi connectivity index (χ1n) is 23.3. The number of aromatic nitrogens is 7. The van der Waals surface area contributed by atoms with Gasteiger partial charge in [-0.2, -0.15) is 0 Å². The molecule has 8 aromatic carbocycles. The summed E-state index contributed by atoms with van der Waals surface area (Å²) in [5.74, 6) is 1.36. The summed E-state index contributed by atoms with van der Waals surface area (Å²) in [5, 5.41) is 9.36. The van der Waals surface area contributed by atoms with Crippen molar-refractivity contribution in [2.75, 3.05) is 0 Å². The van der Waals surface area contributed by atoms with Gasteiger partial charge in [0, 0.05) is 52.6 Å². The normalized spacial score (nSPS) is 11.4. The summed E-state index contributed by atoms with van der Waals surface area (Å²) < 4.78 is 0. The van der Waals surface area contributed by atoms with Crippen LogP contribution in [0.1, 0.15) is 0 Å². The van der Waals surface area contributed by atoms with Crippen molar-refractivity contribution in [1.29, 1.82) is 0 Å². The van der Waals surface area contributed by atoms with Gasteiger partial charge in [-0.05, 0) is 126 Å². The van der Waals surface area contributed by atoms with E-state index in [1.54, 1.807) is 6.20 Å². The average molecular weight is 894 g/mol. The van der Waals surface area contributed by atoms with Gasteiger partial charge < -0.3 is 0 Å². The highest BCUT2D eigenvalue weighted by molar-refractivity contribution is 6.14. The average Bonchev–Trinajstić information content (AvgIpc) is 3.44. The minimum Gasteiger partial charge on any atom is -0.256 e. The van der Waals surface area contributed by atoms with Crippen LogP contribution in [0.4, 0.5) is 0 Å². The first-order chi connectivity index (χ1) is 34.7. The van der Waals surface area contributed by atoms with Gasteiger partial charge in [0.05, 0.1) is 11.4 Å². The molecule has 7 heteroatoms. The van der Waals surface area contributed by atoms with Crippen LogP contribution < -0.4 is 0 Å². The van der Waals surface area contributed by atoms with Crippen molar-refractivity contribution in [1.82, 2.24) is 34.9 Å². The van der Waals surface area contributed by atoms with Crippen molar-refractivity contribution in [3.8, 4) is 90.3 Å². The number of rotatable bonds is 8. The summed E-state index contributed by atoms with van der Waals surface area (Å²) >= 11 is 0. The lowest BCUT2D eigenvalue weighted by atomic mass is 9.91. The summed E-state index contributed by atoms with van der Waals surface area (Å²) in [6.45, 7) is 0. The van der Waals surface area contributed by atoms with E-state index in [0.717, 1.165) is 83.0 Å². The third kappa shape index (κ3) is 7.48. The second-order valence-corrected chi connectivity index (χ2v) is 17.4. The van der Waals surface area contributed by atoms with E-state index >= 15 is 0 Å². The largest absolute Gasteiger partial charge is 0.256 e. The molecule has 70 heavy (non-hydrogen) atoms. The summed E-state index contributed by atoms with van der Waals surface area (Å²) in [5.41, 5.74) is 11.9. The SMILES string of the molecule is c1ccc(-c2ccc(-c3cc(-c4nc(-c5ccc(-c6cccc7ccccc67)cn5)nc(-c5ccc(-c6cccc7ccccc67)cn5)n4)cc(-c4cc5ccccc5c5ccccc45)c3)nc2)nc1. The summed E-state index contributed by atoms with van der Waals surface area (Å²) in [6.07, 6.45) is 7.49. The van der Waals surface area contributed by atoms with Crippen molar-refractivity contribution < 1.29 is 0 Å². The first-order valence-corrected chi connectivity index (χ1v) is 23.3. The molecule has 0 bridgehead atoms. The van der Waals surface area contributed by atoms with Gasteiger partial charge in [-0.3, -0.25) is 19.9 Å². The van der Waals surface area contributed by atoms with E-state index in [1.807, 2.05) is 48.9 Å². The van der Waals surface area contributed by atoms with Crippen LogP contribution in [0.5, 0.6) is 0 Å². The standard InChI is InChI=1S/C63H39N7/c1-4-18-49-40(13-1)16-11-23-52(49)43-26-30-59(66-37-43)62-68-61(69-63(70-62)60-31-27-44(38-67-60)53-24-12-17-41-14-2-5-19-50(41)53)48-34-46(56-36-42-15-3-6-20-51(42)54-21-7-8-22-55(54)56)33-47(35-48)58-29-28-45(39-65-58)57-25-9-10-32-64-57/h1-39H. The van der Waals surface area contributed by atoms with Crippen LogP contribution in [0.25, 0.3) is 133 Å². The molecule has 0 saturated heterocycles. The summed E-state index contributed by atoms with van der Waals surface area (Å²) in [4.78, 5) is 35.2. The van der Waals surface area contributed by atoms with E-state index in [-0.39, 0.29) is 0 Å². The Balaban J connectivity index is 0.993. The molecular formula is C63H39N7. The van der Waals surface area contributed by atoms with E-state index < -0.39 is 0 Å². The molecule has 0 unspecified atom stereocenters. The van der Waals surface area contributed by atoms with Crippen molar-refractivity contribution in [3.63, 3.8) is 0 Å². The number of hydrogen-bond acceptors (Lipinski definition) is 7. The Morgan fingerprint density at radius 1 is 0.229 bits per heavy atom. The van der Waals surface area contributed by atoms with Crippen LogP contribution in [0.15, 0.2) is 237 Å². The van der Waals surface area contributed by atoms with E-state index in [4.69, 9.17) is 29.9 Å². The lowest BCUT2D eigenvalue weighted by molar-refractivity contribution is 1.05. The van der Waals surface area contributed by atoms with Crippen LogP contribution in [0.2, 0.25) is 0 Å². The molecule has 0 amide bonds. The molecule has 0 N–H and O–H groups in total. The van der Waals surface area contributed by atoms with Crippen LogP contribution in [0.3, 0.4) is 0 Å². The van der Waals surface area contributed by atoms with Gasteiger partial charge in [0.1, 0.15) is 11.4 Å². The zero-order valence-electron chi connectivity index (χ0n) is 37.6. The molecule has 13 rings (SSSR count). The topological polar surface area (TPSA) is 90.2 Å². The molecule has 0 aliphatic carbocycles. The fraction of sp³-hybridized carbons (Fsp3) is 0. The molecule has 0 saturated carbocycles. The zero-order valence-corrected chi connectivity index (χ0v) is 37.6. The zero-order chi connectivity index (χ0) is 46.4. The van der Waals surface area contributed by atoms with Gasteiger partial charge in [-0.1, -0.05) is 152 Å². The molecule has 326 valence electrons. The van der Waals surface area contributed by atoms with Gasteiger partial charge in [0.2, 0.25) is 0 Å². The highest BCUT2D eigenvalue weighted by Gasteiger charge is 2.19. The monoisotopic (exact) mass is 893 g/mol. The van der Waals surface area contributed by atoms with E-state index in [9.17, 15) is 0 Å². The van der Waals surface area contributed by atoms with Crippen LogP contribution in [-0.2, 0) is 0 Å². The Kier molecular flexibility index (Phi) is 10.0. The van der Waals surface area contributed by atoms with E-state index in [1.165, 1.54) is 21.5 Å². The highest BCUT2D eigenvalue weighted by Crippen LogP contribution is 2.39. The Bertz CT molecular complexity index is 3950. The predicted octanol–water partition coefficient (Wildman–Crippen LogP) is 15.4. The molecule has 7 nitrogen and oxygen atoms in total. The molecule has 0 atom stereocenters. The Labute approximate surface area is 403 Å². The quantitative estimate of drug-likeness (QED) is 0.140. The van der Waals surface area contributed by atoms with E-state index in [2.05, 4.69) is 187 Å². The first kappa shape index (κ1) is 40.7. The van der Waals surface area contributed by atoms with Crippen molar-refractivity contribution >= 4 is 43.1 Å². The van der Waals surface area contributed by atoms with Crippen molar-refractivity contribution in [3.05, 3.63) is 237 Å². The minimum atomic E-state index is 0.436. The van der Waals surface area contributed by atoms with Gasteiger partial charge in [0.15, 0.2) is 17.5 Å². The van der Waals surface area contributed by atoms with Gasteiger partial charge in [0.25, 0.3) is 0 Å². The second-order valence-electron chi connectivity index (χ2n) is 17.4. The molecule has 0 radical (unpaired) electrons. The third-order valence-corrected chi connectivity index (χ3v) is 13.1. The minimum absolute atomic E-state index is 0.436. The number of pyridine rings is 4. The van der Waals surface area contributed by atoms with Crippen molar-refractivity contribution in [2.45, 2.75) is 0 Å². The van der Waals surface area contributed by atoms with E-state index in [0.29, 0.717) is 28.9 Å². The van der Waals surface area contributed by atoms with Crippen LogP contribution in [0, 0.1) is 0 Å². The van der Waals surface area contributed by atoms with Gasteiger partial charge >= 0.3 is 0 Å². The summed E-state index contributed by atoms with van der Waals surface area (Å²) in [6, 6.07) is 73.7. The van der Waals surface area contributed by atoms with Gasteiger partial charge in [-0.25, -0.2) is 15.0 Å². The summed E-state index contributed by atoms with van der Waals surface area (Å²) in [7, 11) is 0. The second kappa shape index (κ2) is 17.2. The van der Waals surface area contributed by atoms with Crippen LogP contribution >= 0.6 is 0 Å². The maximum Gasteiger partial charge on any atom is 0.182 e. The number of benzene rings is 8. The number of hydrogen-bond donors (Lipinski definition) is 0. The molecule has 0 aliphatic heterocycles. The molecule has 13 aromatic rings. The number of fused-ring (bicyclic) bond motifs is 5. The smallest absolute Gasteiger partial charge is 0.182 e. The number of nitrogens with zero attached hydrogens (tertiary/aromatic N) is 7. The van der Waals surface area contributed by atoms with Gasteiger partial charge in [-0.15, -0.1) is 0 Å². The third-order valence-electron chi connectivity index (χ3n) is 13.1. The highest BCUT2D eigenvalue weighted by atomic mass is 15.1. The molecule has 5 heterocycles. The molecule has 0 spiro atoms. The Morgan fingerprint density at radius 2 is 0.700 bits per heavy atom. The lowest BCUT2D eigenvalue weighted by Gasteiger charge is -2.15. The predicted molar refractivity (Wildman–Crippen MR) is 285 cm³/mol. The Hall–Kier alpha value is -9.59.